The Kier molecular flexibility index (Phi) is 6.50. The van der Waals surface area contributed by atoms with Gasteiger partial charge in [0.25, 0.3) is 0 Å². The summed E-state index contributed by atoms with van der Waals surface area (Å²) in [4.78, 5) is 14.4. The molecule has 1 saturated heterocycles. The Balaban J connectivity index is 2.46. The third-order valence-electron chi connectivity index (χ3n) is 3.30. The molecular formula is C14H28N2OS. The predicted molar refractivity (Wildman–Crippen MR) is 80.1 cm³/mol. The average Bonchev–Trinajstić information content (AvgIpc) is 2.33. The van der Waals surface area contributed by atoms with Gasteiger partial charge in [-0.15, -0.1) is 11.8 Å². The molecule has 0 radical (unpaired) electrons. The summed E-state index contributed by atoms with van der Waals surface area (Å²) in [5.74, 6) is 0.954. The van der Waals surface area contributed by atoms with Crippen molar-refractivity contribution in [3.05, 3.63) is 0 Å². The molecule has 1 atom stereocenters. The maximum atomic E-state index is 12.3. The van der Waals surface area contributed by atoms with Crippen LogP contribution in [0.25, 0.3) is 0 Å². The minimum Gasteiger partial charge on any atom is -0.339 e. The highest BCUT2D eigenvalue weighted by atomic mass is 32.2. The van der Waals surface area contributed by atoms with E-state index in [1.807, 2.05) is 7.05 Å². The van der Waals surface area contributed by atoms with E-state index in [2.05, 4.69) is 31.0 Å². The minimum atomic E-state index is 0.173. The lowest BCUT2D eigenvalue weighted by atomic mass is 9.99. The zero-order chi connectivity index (χ0) is 13.6. The minimum absolute atomic E-state index is 0.173. The molecule has 18 heavy (non-hydrogen) atoms. The first-order valence-electron chi connectivity index (χ1n) is 7.02. The summed E-state index contributed by atoms with van der Waals surface area (Å²) in [7, 11) is 1.98. The molecule has 106 valence electrons. The second kappa shape index (κ2) is 7.39. The molecule has 0 bridgehead atoms. The summed E-state index contributed by atoms with van der Waals surface area (Å²) in [6.45, 7) is 8.46. The highest BCUT2D eigenvalue weighted by Crippen LogP contribution is 2.25. The first-order chi connectivity index (χ1) is 8.44. The number of carbonyl (C=O) groups is 1. The van der Waals surface area contributed by atoms with Crippen molar-refractivity contribution in [2.24, 2.45) is 0 Å². The molecule has 1 aliphatic rings. The first kappa shape index (κ1) is 15.8. The van der Waals surface area contributed by atoms with Crippen LogP contribution in [0, 0.1) is 0 Å². The SMILES string of the molecule is CNCCC1CCCCN1C(=O)CSC(C)(C)C. The van der Waals surface area contributed by atoms with Crippen molar-refractivity contribution >= 4 is 17.7 Å². The van der Waals surface area contributed by atoms with Crippen molar-refractivity contribution in [3.8, 4) is 0 Å². The highest BCUT2D eigenvalue weighted by molar-refractivity contribution is 8.01. The van der Waals surface area contributed by atoms with Crippen LogP contribution >= 0.6 is 11.8 Å². The quantitative estimate of drug-likeness (QED) is 0.834. The van der Waals surface area contributed by atoms with Crippen LogP contribution in [0.4, 0.5) is 0 Å². The second-order valence-corrected chi connectivity index (χ2v) is 7.83. The topological polar surface area (TPSA) is 32.3 Å². The lowest BCUT2D eigenvalue weighted by Gasteiger charge is -2.36. The Morgan fingerprint density at radius 2 is 2.11 bits per heavy atom. The van der Waals surface area contributed by atoms with Crippen molar-refractivity contribution in [2.45, 2.75) is 57.2 Å². The van der Waals surface area contributed by atoms with Crippen LogP contribution in [-0.4, -0.2) is 47.5 Å². The molecule has 0 spiro atoms. The standard InChI is InChI=1S/C14H28N2OS/c1-14(2,3)18-11-13(17)16-10-6-5-7-12(16)8-9-15-4/h12,15H,5-11H2,1-4H3. The van der Waals surface area contributed by atoms with Gasteiger partial charge in [0.2, 0.25) is 5.91 Å². The Hall–Kier alpha value is -0.220. The van der Waals surface area contributed by atoms with Gasteiger partial charge in [0.1, 0.15) is 0 Å². The van der Waals surface area contributed by atoms with E-state index in [-0.39, 0.29) is 4.75 Å². The van der Waals surface area contributed by atoms with Crippen LogP contribution < -0.4 is 5.32 Å². The molecule has 4 heteroatoms. The zero-order valence-electron chi connectivity index (χ0n) is 12.3. The van der Waals surface area contributed by atoms with Gasteiger partial charge < -0.3 is 10.2 Å². The number of nitrogens with zero attached hydrogens (tertiary/aromatic N) is 1. The molecule has 0 aromatic rings. The van der Waals surface area contributed by atoms with Gasteiger partial charge >= 0.3 is 0 Å². The van der Waals surface area contributed by atoms with Crippen molar-refractivity contribution in [1.29, 1.82) is 0 Å². The molecule has 1 unspecified atom stereocenters. The molecule has 1 heterocycles. The van der Waals surface area contributed by atoms with Crippen molar-refractivity contribution in [2.75, 3.05) is 25.9 Å². The molecular weight excluding hydrogens is 244 g/mol. The lowest BCUT2D eigenvalue weighted by Crippen LogP contribution is -2.45. The van der Waals surface area contributed by atoms with Crippen LogP contribution in [0.15, 0.2) is 0 Å². The van der Waals surface area contributed by atoms with Gasteiger partial charge in [-0.05, 0) is 39.3 Å². The van der Waals surface area contributed by atoms with E-state index in [0.29, 0.717) is 17.7 Å². The summed E-state index contributed by atoms with van der Waals surface area (Å²) in [5.41, 5.74) is 0. The summed E-state index contributed by atoms with van der Waals surface area (Å²) in [5, 5.41) is 3.19. The largest absolute Gasteiger partial charge is 0.339 e. The highest BCUT2D eigenvalue weighted by Gasteiger charge is 2.26. The predicted octanol–water partition coefficient (Wildman–Crippen LogP) is 2.51. The Morgan fingerprint density at radius 1 is 1.39 bits per heavy atom. The number of amides is 1. The molecule has 1 rings (SSSR count). The number of nitrogens with one attached hydrogen (secondary N) is 1. The number of hydrogen-bond acceptors (Lipinski definition) is 3. The molecule has 0 aromatic heterocycles. The van der Waals surface area contributed by atoms with Crippen LogP contribution in [0.5, 0.6) is 0 Å². The van der Waals surface area contributed by atoms with E-state index in [1.165, 1.54) is 19.3 Å². The van der Waals surface area contributed by atoms with Crippen LogP contribution in [0.1, 0.15) is 46.5 Å². The molecule has 0 saturated carbocycles. The fourth-order valence-corrected chi connectivity index (χ4v) is 3.02. The summed E-state index contributed by atoms with van der Waals surface area (Å²) >= 11 is 1.75. The van der Waals surface area contributed by atoms with Crippen molar-refractivity contribution < 1.29 is 4.79 Å². The Bertz CT molecular complexity index is 263. The molecule has 1 amide bonds. The van der Waals surface area contributed by atoms with Crippen LogP contribution in [0.2, 0.25) is 0 Å². The molecule has 1 fully saturated rings. The summed E-state index contributed by atoms with van der Waals surface area (Å²) < 4.78 is 0.173. The third kappa shape index (κ3) is 5.61. The summed E-state index contributed by atoms with van der Waals surface area (Å²) in [6, 6.07) is 0.458. The number of carbonyl (C=O) groups excluding carboxylic acids is 1. The fourth-order valence-electron chi connectivity index (χ4n) is 2.30. The molecule has 0 aromatic carbocycles. The fraction of sp³-hybridized carbons (Fsp3) is 0.929. The zero-order valence-corrected chi connectivity index (χ0v) is 13.1. The first-order valence-corrected chi connectivity index (χ1v) is 8.00. The van der Waals surface area contributed by atoms with Crippen molar-refractivity contribution in [3.63, 3.8) is 0 Å². The number of thioether (sulfide) groups is 1. The average molecular weight is 272 g/mol. The number of hydrogen-bond donors (Lipinski definition) is 1. The molecule has 1 N–H and O–H groups in total. The maximum absolute atomic E-state index is 12.3. The van der Waals surface area contributed by atoms with Gasteiger partial charge in [-0.2, -0.15) is 0 Å². The molecule has 0 aliphatic carbocycles. The number of likely N-dealkylation sites (tertiary alicyclic amines) is 1. The van der Waals surface area contributed by atoms with E-state index < -0.39 is 0 Å². The van der Waals surface area contributed by atoms with Crippen LogP contribution in [-0.2, 0) is 4.79 Å². The number of rotatable bonds is 5. The normalized spacial score (nSPS) is 21.1. The summed E-state index contributed by atoms with van der Waals surface area (Å²) in [6.07, 6.45) is 4.70. The Morgan fingerprint density at radius 3 is 2.72 bits per heavy atom. The van der Waals surface area contributed by atoms with Gasteiger partial charge in [-0.1, -0.05) is 20.8 Å². The van der Waals surface area contributed by atoms with Gasteiger partial charge in [-0.25, -0.2) is 0 Å². The van der Waals surface area contributed by atoms with E-state index in [1.54, 1.807) is 11.8 Å². The number of piperidine rings is 1. The van der Waals surface area contributed by atoms with Gasteiger partial charge in [0.15, 0.2) is 0 Å². The molecule has 1 aliphatic heterocycles. The monoisotopic (exact) mass is 272 g/mol. The third-order valence-corrected chi connectivity index (χ3v) is 4.56. The van der Waals surface area contributed by atoms with Gasteiger partial charge in [0, 0.05) is 17.3 Å². The smallest absolute Gasteiger partial charge is 0.232 e. The van der Waals surface area contributed by atoms with E-state index in [0.717, 1.165) is 19.5 Å². The van der Waals surface area contributed by atoms with Crippen molar-refractivity contribution in [1.82, 2.24) is 10.2 Å². The van der Waals surface area contributed by atoms with E-state index >= 15 is 0 Å². The Labute approximate surface area is 116 Å². The van der Waals surface area contributed by atoms with Crippen LogP contribution in [0.3, 0.4) is 0 Å². The van der Waals surface area contributed by atoms with E-state index in [9.17, 15) is 4.79 Å². The van der Waals surface area contributed by atoms with Gasteiger partial charge in [0.05, 0.1) is 5.75 Å². The second-order valence-electron chi connectivity index (χ2n) is 6.03. The lowest BCUT2D eigenvalue weighted by molar-refractivity contribution is -0.132. The maximum Gasteiger partial charge on any atom is 0.232 e. The van der Waals surface area contributed by atoms with E-state index in [4.69, 9.17) is 0 Å². The molecule has 3 nitrogen and oxygen atoms in total. The van der Waals surface area contributed by atoms with Gasteiger partial charge in [-0.3, -0.25) is 4.79 Å².